The number of para-hydroxylation sites is 1. The third-order valence-electron chi connectivity index (χ3n) is 5.92. The van der Waals surface area contributed by atoms with Gasteiger partial charge in [0.25, 0.3) is 0 Å². The van der Waals surface area contributed by atoms with Crippen LogP contribution in [0.25, 0.3) is 11.0 Å². The SMILES string of the molecule is COc1ccccc1S(=O)(=O)N1CCN(c2nc3cc(C#N)ccc3nc2NC2CC2)CC1. The molecule has 3 aromatic rings. The van der Waals surface area contributed by atoms with Crippen LogP contribution in [0.4, 0.5) is 11.6 Å². The summed E-state index contributed by atoms with van der Waals surface area (Å²) in [5.41, 5.74) is 1.89. The first-order valence-corrected chi connectivity index (χ1v) is 12.3. The molecule has 0 unspecified atom stereocenters. The van der Waals surface area contributed by atoms with Crippen molar-refractivity contribution in [3.05, 3.63) is 48.0 Å². The zero-order chi connectivity index (χ0) is 23.0. The van der Waals surface area contributed by atoms with E-state index in [0.717, 1.165) is 18.4 Å². The topological polar surface area (TPSA) is 111 Å². The monoisotopic (exact) mass is 464 g/mol. The van der Waals surface area contributed by atoms with E-state index in [0.29, 0.717) is 60.7 Å². The van der Waals surface area contributed by atoms with Gasteiger partial charge in [0, 0.05) is 32.2 Å². The number of sulfonamides is 1. The molecule has 2 aromatic carbocycles. The van der Waals surface area contributed by atoms with E-state index in [9.17, 15) is 13.7 Å². The summed E-state index contributed by atoms with van der Waals surface area (Å²) in [5.74, 6) is 1.74. The van der Waals surface area contributed by atoms with Crippen molar-refractivity contribution in [2.24, 2.45) is 0 Å². The Kier molecular flexibility index (Phi) is 5.52. The first kappa shape index (κ1) is 21.4. The predicted octanol–water partition coefficient (Wildman–Crippen LogP) is 2.60. The van der Waals surface area contributed by atoms with Gasteiger partial charge < -0.3 is 15.0 Å². The Morgan fingerprint density at radius 3 is 2.52 bits per heavy atom. The van der Waals surface area contributed by atoms with Gasteiger partial charge in [0.1, 0.15) is 10.6 Å². The number of ether oxygens (including phenoxy) is 1. The Labute approximate surface area is 192 Å². The molecule has 0 bridgehead atoms. The molecule has 1 N–H and O–H groups in total. The van der Waals surface area contributed by atoms with Crippen LogP contribution < -0.4 is 15.0 Å². The second kappa shape index (κ2) is 8.50. The highest BCUT2D eigenvalue weighted by Crippen LogP contribution is 2.32. The van der Waals surface area contributed by atoms with Crippen molar-refractivity contribution in [1.82, 2.24) is 14.3 Å². The molecule has 1 aromatic heterocycles. The maximum absolute atomic E-state index is 13.2. The summed E-state index contributed by atoms with van der Waals surface area (Å²) in [5, 5.41) is 12.7. The largest absolute Gasteiger partial charge is 0.495 e. The van der Waals surface area contributed by atoms with Crippen LogP contribution in [-0.4, -0.2) is 62.0 Å². The molecule has 1 saturated carbocycles. The third kappa shape index (κ3) is 4.17. The fraction of sp³-hybridized carbons (Fsp3) is 0.348. The van der Waals surface area contributed by atoms with Crippen molar-refractivity contribution < 1.29 is 13.2 Å². The van der Waals surface area contributed by atoms with Gasteiger partial charge in [-0.2, -0.15) is 9.57 Å². The standard InChI is InChI=1S/C23H24N6O3S/c1-32-20-4-2-3-5-21(20)33(30,31)29-12-10-28(11-13-29)23-22(25-17-7-8-17)26-18-9-6-16(15-24)14-19(18)27-23/h2-6,9,14,17H,7-8,10-13H2,1H3,(H,25,26). The third-order valence-corrected chi connectivity index (χ3v) is 7.86. The number of nitrogens with one attached hydrogen (secondary N) is 1. The fourth-order valence-corrected chi connectivity index (χ4v) is 5.54. The van der Waals surface area contributed by atoms with Gasteiger partial charge in [0.2, 0.25) is 10.0 Å². The molecule has 0 amide bonds. The van der Waals surface area contributed by atoms with Crippen LogP contribution >= 0.6 is 0 Å². The Balaban J connectivity index is 1.42. The minimum Gasteiger partial charge on any atom is -0.495 e. The molecule has 0 spiro atoms. The zero-order valence-electron chi connectivity index (χ0n) is 18.2. The predicted molar refractivity (Wildman–Crippen MR) is 125 cm³/mol. The molecule has 1 saturated heterocycles. The fourth-order valence-electron chi connectivity index (χ4n) is 3.96. The van der Waals surface area contributed by atoms with Gasteiger partial charge in [0.15, 0.2) is 11.6 Å². The maximum Gasteiger partial charge on any atom is 0.246 e. The van der Waals surface area contributed by atoms with Crippen LogP contribution in [0.3, 0.4) is 0 Å². The van der Waals surface area contributed by atoms with Crippen LogP contribution in [0.15, 0.2) is 47.4 Å². The van der Waals surface area contributed by atoms with E-state index >= 15 is 0 Å². The molecule has 1 aliphatic carbocycles. The summed E-state index contributed by atoms with van der Waals surface area (Å²) in [6.07, 6.45) is 2.19. The Bertz CT molecular complexity index is 1340. The molecular weight excluding hydrogens is 440 g/mol. The van der Waals surface area contributed by atoms with Crippen molar-refractivity contribution in [2.75, 3.05) is 43.5 Å². The van der Waals surface area contributed by atoms with Gasteiger partial charge in [-0.15, -0.1) is 0 Å². The number of rotatable bonds is 6. The Hall–Kier alpha value is -3.42. The van der Waals surface area contributed by atoms with Crippen molar-refractivity contribution in [3.63, 3.8) is 0 Å². The molecule has 9 nitrogen and oxygen atoms in total. The first-order chi connectivity index (χ1) is 16.0. The Morgan fingerprint density at radius 2 is 1.82 bits per heavy atom. The lowest BCUT2D eigenvalue weighted by molar-refractivity contribution is 0.373. The number of hydrogen-bond acceptors (Lipinski definition) is 8. The molecule has 0 atom stereocenters. The van der Waals surface area contributed by atoms with Crippen LogP contribution in [0.5, 0.6) is 5.75 Å². The summed E-state index contributed by atoms with van der Waals surface area (Å²) < 4.78 is 33.2. The van der Waals surface area contributed by atoms with E-state index in [1.807, 2.05) is 0 Å². The zero-order valence-corrected chi connectivity index (χ0v) is 19.0. The smallest absolute Gasteiger partial charge is 0.246 e. The highest BCUT2D eigenvalue weighted by atomic mass is 32.2. The maximum atomic E-state index is 13.2. The second-order valence-electron chi connectivity index (χ2n) is 8.17. The van der Waals surface area contributed by atoms with Crippen LogP contribution in [0, 0.1) is 11.3 Å². The molecule has 2 aliphatic rings. The number of benzene rings is 2. The highest BCUT2D eigenvalue weighted by molar-refractivity contribution is 7.89. The van der Waals surface area contributed by atoms with E-state index in [4.69, 9.17) is 14.7 Å². The summed E-state index contributed by atoms with van der Waals surface area (Å²) in [6, 6.07) is 14.5. The number of fused-ring (bicyclic) bond motifs is 1. The molecule has 1 aliphatic heterocycles. The van der Waals surface area contributed by atoms with E-state index in [-0.39, 0.29) is 4.90 Å². The average molecular weight is 465 g/mol. The number of hydrogen-bond donors (Lipinski definition) is 1. The first-order valence-electron chi connectivity index (χ1n) is 10.9. The van der Waals surface area contributed by atoms with Crippen molar-refractivity contribution in [3.8, 4) is 11.8 Å². The number of nitriles is 1. The second-order valence-corrected chi connectivity index (χ2v) is 10.1. The lowest BCUT2D eigenvalue weighted by Crippen LogP contribution is -2.49. The van der Waals surface area contributed by atoms with Crippen LogP contribution in [-0.2, 0) is 10.0 Å². The van der Waals surface area contributed by atoms with Gasteiger partial charge in [0.05, 0.1) is 29.8 Å². The molecule has 5 rings (SSSR count). The molecule has 0 radical (unpaired) electrons. The number of anilines is 2. The number of nitrogens with zero attached hydrogens (tertiary/aromatic N) is 5. The normalized spacial score (nSPS) is 17.0. The van der Waals surface area contributed by atoms with E-state index in [2.05, 4.69) is 16.3 Å². The van der Waals surface area contributed by atoms with Gasteiger partial charge in [-0.1, -0.05) is 12.1 Å². The quantitative estimate of drug-likeness (QED) is 0.593. The lowest BCUT2D eigenvalue weighted by Gasteiger charge is -2.35. The molecule has 170 valence electrons. The molecule has 33 heavy (non-hydrogen) atoms. The molecule has 10 heteroatoms. The minimum atomic E-state index is -3.68. The lowest BCUT2D eigenvalue weighted by atomic mass is 10.2. The van der Waals surface area contributed by atoms with Crippen molar-refractivity contribution in [1.29, 1.82) is 5.26 Å². The minimum absolute atomic E-state index is 0.173. The van der Waals surface area contributed by atoms with Gasteiger partial charge >= 0.3 is 0 Å². The van der Waals surface area contributed by atoms with Crippen LogP contribution in [0.2, 0.25) is 0 Å². The van der Waals surface area contributed by atoms with E-state index < -0.39 is 10.0 Å². The van der Waals surface area contributed by atoms with E-state index in [1.54, 1.807) is 42.5 Å². The number of aromatic nitrogens is 2. The molecule has 2 fully saturated rings. The van der Waals surface area contributed by atoms with Gasteiger partial charge in [-0.05, 0) is 43.2 Å². The Morgan fingerprint density at radius 1 is 1.06 bits per heavy atom. The summed E-state index contributed by atoms with van der Waals surface area (Å²) in [4.78, 5) is 11.8. The number of methoxy groups -OCH3 is 1. The van der Waals surface area contributed by atoms with Crippen LogP contribution in [0.1, 0.15) is 18.4 Å². The van der Waals surface area contributed by atoms with Crippen molar-refractivity contribution in [2.45, 2.75) is 23.8 Å². The summed E-state index contributed by atoms with van der Waals surface area (Å²) in [7, 11) is -2.21. The molecule has 2 heterocycles. The average Bonchev–Trinajstić information content (AvgIpc) is 3.67. The number of piperazine rings is 1. The molecular formula is C23H24N6O3S. The van der Waals surface area contributed by atoms with Gasteiger partial charge in [-0.3, -0.25) is 0 Å². The highest BCUT2D eigenvalue weighted by Gasteiger charge is 2.32. The van der Waals surface area contributed by atoms with Gasteiger partial charge in [-0.25, -0.2) is 18.4 Å². The summed E-state index contributed by atoms with van der Waals surface area (Å²) >= 11 is 0. The van der Waals surface area contributed by atoms with E-state index in [1.165, 1.54) is 11.4 Å². The summed E-state index contributed by atoms with van der Waals surface area (Å²) in [6.45, 7) is 1.60. The van der Waals surface area contributed by atoms with Crippen molar-refractivity contribution >= 4 is 32.7 Å².